The number of hydrogen-bond donors (Lipinski definition) is 2. The number of ether oxygens (including phenoxy) is 1. The van der Waals surface area contributed by atoms with Gasteiger partial charge in [0.15, 0.2) is 0 Å². The van der Waals surface area contributed by atoms with Crippen molar-refractivity contribution in [3.63, 3.8) is 0 Å². The van der Waals surface area contributed by atoms with E-state index in [4.69, 9.17) is 10.5 Å². The first-order chi connectivity index (χ1) is 15.2. The molecule has 0 saturated carbocycles. The molecule has 31 heavy (non-hydrogen) atoms. The van der Waals surface area contributed by atoms with Gasteiger partial charge >= 0.3 is 0 Å². The predicted octanol–water partition coefficient (Wildman–Crippen LogP) is 3.13. The summed E-state index contributed by atoms with van der Waals surface area (Å²) in [6.45, 7) is 5.29. The molecular weight excluding hydrogens is 412 g/mol. The maximum atomic E-state index is 12.3. The first kappa shape index (κ1) is 20.0. The lowest BCUT2D eigenvalue weighted by Gasteiger charge is -2.33. The Morgan fingerprint density at radius 3 is 2.61 bits per heavy atom. The number of carbonyl (C=O) groups excluding carboxylic acids is 1. The second-order valence-electron chi connectivity index (χ2n) is 7.90. The molecule has 3 aromatic rings. The van der Waals surface area contributed by atoms with E-state index in [1.54, 1.807) is 12.4 Å². The lowest BCUT2D eigenvalue weighted by Crippen LogP contribution is -2.36. The van der Waals surface area contributed by atoms with Gasteiger partial charge in [0.05, 0.1) is 24.3 Å². The van der Waals surface area contributed by atoms with E-state index in [-0.39, 0.29) is 0 Å². The van der Waals surface area contributed by atoms with Crippen LogP contribution in [0.4, 0.5) is 11.4 Å². The Morgan fingerprint density at radius 2 is 1.90 bits per heavy atom. The smallest absolute Gasteiger partial charge is 0.268 e. The monoisotopic (exact) mass is 438 g/mol. The molecule has 0 bridgehead atoms. The van der Waals surface area contributed by atoms with Crippen molar-refractivity contribution < 1.29 is 9.53 Å². The molecule has 0 unspecified atom stereocenters. The third-order valence-electron chi connectivity index (χ3n) is 5.90. The highest BCUT2D eigenvalue weighted by atomic mass is 32.1. The topological polar surface area (TPSA) is 100 Å². The average Bonchev–Trinajstić information content (AvgIpc) is 3.50. The van der Waals surface area contributed by atoms with Crippen LogP contribution in [0, 0.1) is 0 Å². The van der Waals surface area contributed by atoms with Crippen molar-refractivity contribution in [2.24, 2.45) is 5.73 Å². The van der Waals surface area contributed by atoms with Crippen LogP contribution in [0.1, 0.15) is 29.8 Å². The Bertz CT molecular complexity index is 1050. The van der Waals surface area contributed by atoms with Crippen LogP contribution < -0.4 is 15.5 Å². The maximum absolute atomic E-state index is 12.3. The summed E-state index contributed by atoms with van der Waals surface area (Å²) in [6, 6.07) is 6.51. The lowest BCUT2D eigenvalue weighted by atomic mass is 10.0. The van der Waals surface area contributed by atoms with Gasteiger partial charge in [-0.2, -0.15) is 5.10 Å². The highest BCUT2D eigenvalue weighted by Gasteiger charge is 2.25. The van der Waals surface area contributed by atoms with Crippen LogP contribution in [-0.4, -0.2) is 60.5 Å². The first-order valence-corrected chi connectivity index (χ1v) is 11.5. The molecule has 9 heteroatoms. The van der Waals surface area contributed by atoms with E-state index in [0.717, 1.165) is 66.1 Å². The molecule has 3 N–H and O–H groups in total. The number of benzene rings is 1. The van der Waals surface area contributed by atoms with Gasteiger partial charge in [0, 0.05) is 54.9 Å². The molecular formula is C22H26N6O2S. The van der Waals surface area contributed by atoms with Crippen LogP contribution in [0.3, 0.4) is 0 Å². The van der Waals surface area contributed by atoms with Gasteiger partial charge in [-0.1, -0.05) is 0 Å². The standard InChI is InChI=1S/C22H26N6O2S/c23-21(29)19-20(31-22(26-19)15-13-24-25-14-15)17-5-4-16(27-8-10-30-11-9-27)12-18(17)28-6-2-1-3-7-28/h4-5,12-14H,1-3,6-11H2,(H2,23,29)(H,24,25). The Hall–Kier alpha value is -2.91. The van der Waals surface area contributed by atoms with Crippen LogP contribution in [0.2, 0.25) is 0 Å². The van der Waals surface area contributed by atoms with Crippen LogP contribution in [-0.2, 0) is 4.74 Å². The molecule has 2 saturated heterocycles. The van der Waals surface area contributed by atoms with Crippen LogP contribution in [0.15, 0.2) is 30.6 Å². The number of nitrogens with two attached hydrogens (primary N) is 1. The summed E-state index contributed by atoms with van der Waals surface area (Å²) in [5.74, 6) is -0.511. The van der Waals surface area contributed by atoms with Crippen molar-refractivity contribution in [1.82, 2.24) is 15.2 Å². The fraction of sp³-hybridized carbons (Fsp3) is 0.409. The molecule has 2 fully saturated rings. The van der Waals surface area contributed by atoms with Gasteiger partial charge < -0.3 is 20.3 Å². The quantitative estimate of drug-likeness (QED) is 0.635. The van der Waals surface area contributed by atoms with Gasteiger partial charge in [0.1, 0.15) is 10.7 Å². The lowest BCUT2D eigenvalue weighted by molar-refractivity contribution is 0.0997. The Kier molecular flexibility index (Phi) is 5.61. The van der Waals surface area contributed by atoms with Crippen LogP contribution >= 0.6 is 11.3 Å². The molecule has 162 valence electrons. The highest BCUT2D eigenvalue weighted by molar-refractivity contribution is 7.18. The van der Waals surface area contributed by atoms with E-state index in [1.165, 1.54) is 36.3 Å². The van der Waals surface area contributed by atoms with E-state index < -0.39 is 5.91 Å². The summed E-state index contributed by atoms with van der Waals surface area (Å²) in [6.07, 6.45) is 7.09. The minimum absolute atomic E-state index is 0.318. The third-order valence-corrected chi connectivity index (χ3v) is 7.04. The zero-order chi connectivity index (χ0) is 21.2. The summed E-state index contributed by atoms with van der Waals surface area (Å²) >= 11 is 1.49. The summed E-state index contributed by atoms with van der Waals surface area (Å²) in [5.41, 5.74) is 10.3. The Labute approximate surface area is 185 Å². The Balaban J connectivity index is 1.61. The molecule has 4 heterocycles. The first-order valence-electron chi connectivity index (χ1n) is 10.7. The zero-order valence-electron chi connectivity index (χ0n) is 17.3. The largest absolute Gasteiger partial charge is 0.378 e. The van der Waals surface area contributed by atoms with Crippen molar-refractivity contribution in [1.29, 1.82) is 0 Å². The van der Waals surface area contributed by atoms with Crippen LogP contribution in [0.25, 0.3) is 21.0 Å². The molecule has 1 aromatic carbocycles. The molecule has 0 aliphatic carbocycles. The summed E-state index contributed by atoms with van der Waals surface area (Å²) < 4.78 is 5.52. The molecule has 0 atom stereocenters. The van der Waals surface area contributed by atoms with E-state index in [1.807, 2.05) is 0 Å². The molecule has 1 amide bonds. The number of aromatic amines is 1. The molecule has 5 rings (SSSR count). The van der Waals surface area contributed by atoms with Crippen molar-refractivity contribution in [2.75, 3.05) is 49.2 Å². The van der Waals surface area contributed by atoms with Crippen molar-refractivity contribution >= 4 is 28.6 Å². The fourth-order valence-electron chi connectivity index (χ4n) is 4.29. The number of H-pyrrole nitrogens is 1. The van der Waals surface area contributed by atoms with Gasteiger partial charge in [0.25, 0.3) is 5.91 Å². The summed E-state index contributed by atoms with van der Waals surface area (Å²) in [7, 11) is 0. The predicted molar refractivity (Wildman–Crippen MR) is 123 cm³/mol. The summed E-state index contributed by atoms with van der Waals surface area (Å²) in [4.78, 5) is 22.5. The number of nitrogens with one attached hydrogen (secondary N) is 1. The number of thiazole rings is 1. The molecule has 2 aliphatic heterocycles. The van der Waals surface area contributed by atoms with Crippen molar-refractivity contribution in [2.45, 2.75) is 19.3 Å². The van der Waals surface area contributed by atoms with E-state index >= 15 is 0 Å². The second kappa shape index (κ2) is 8.68. The van der Waals surface area contributed by atoms with Gasteiger partial charge in [-0.25, -0.2) is 4.98 Å². The normalized spacial score (nSPS) is 17.2. The van der Waals surface area contributed by atoms with Gasteiger partial charge in [-0.05, 0) is 37.5 Å². The van der Waals surface area contributed by atoms with Crippen LogP contribution in [0.5, 0.6) is 0 Å². The second-order valence-corrected chi connectivity index (χ2v) is 8.90. The number of amides is 1. The highest BCUT2D eigenvalue weighted by Crippen LogP contribution is 2.42. The van der Waals surface area contributed by atoms with Gasteiger partial charge in [-0.3, -0.25) is 9.89 Å². The average molecular weight is 439 g/mol. The van der Waals surface area contributed by atoms with E-state index in [9.17, 15) is 4.79 Å². The molecule has 0 spiro atoms. The molecule has 2 aliphatic rings. The number of hydrogen-bond acceptors (Lipinski definition) is 7. The van der Waals surface area contributed by atoms with Gasteiger partial charge in [0.2, 0.25) is 0 Å². The fourth-order valence-corrected chi connectivity index (χ4v) is 5.37. The molecule has 8 nitrogen and oxygen atoms in total. The molecule has 0 radical (unpaired) electrons. The maximum Gasteiger partial charge on any atom is 0.268 e. The third kappa shape index (κ3) is 4.03. The molecule has 2 aromatic heterocycles. The number of carbonyl (C=O) groups is 1. The summed E-state index contributed by atoms with van der Waals surface area (Å²) in [5, 5.41) is 7.56. The number of primary amides is 1. The number of anilines is 2. The Morgan fingerprint density at radius 1 is 1.10 bits per heavy atom. The zero-order valence-corrected chi connectivity index (χ0v) is 18.2. The number of rotatable bonds is 5. The van der Waals surface area contributed by atoms with E-state index in [2.05, 4.69) is 43.2 Å². The number of aromatic nitrogens is 3. The van der Waals surface area contributed by atoms with E-state index in [0.29, 0.717) is 5.69 Å². The van der Waals surface area contributed by atoms with Crippen molar-refractivity contribution in [3.05, 3.63) is 36.3 Å². The van der Waals surface area contributed by atoms with Gasteiger partial charge in [-0.15, -0.1) is 11.3 Å². The van der Waals surface area contributed by atoms with Crippen molar-refractivity contribution in [3.8, 4) is 21.0 Å². The number of morpholine rings is 1. The number of nitrogens with zero attached hydrogens (tertiary/aromatic N) is 4. The SMILES string of the molecule is NC(=O)c1nc(-c2cn[nH]c2)sc1-c1ccc(N2CCOCC2)cc1N1CCCCC1. The number of piperidine rings is 1. The minimum Gasteiger partial charge on any atom is -0.378 e. The minimum atomic E-state index is -0.511.